The number of hydrogen-bond donors (Lipinski definition) is 1. The lowest BCUT2D eigenvalue weighted by atomic mass is 10.1. The first-order valence-corrected chi connectivity index (χ1v) is 7.53. The van der Waals surface area contributed by atoms with E-state index in [9.17, 15) is 19.7 Å². The Bertz CT molecular complexity index is 709. The first-order valence-electron chi connectivity index (χ1n) is 6.78. The van der Waals surface area contributed by atoms with Crippen LogP contribution in [0, 0.1) is 15.5 Å². The molecule has 0 aliphatic heterocycles. The third kappa shape index (κ3) is 3.54. The molecule has 10 heteroatoms. The molecule has 1 atom stereocenters. The van der Waals surface area contributed by atoms with Gasteiger partial charge in [-0.2, -0.15) is 0 Å². The predicted molar refractivity (Wildman–Crippen MR) is 86.4 cm³/mol. The maximum absolute atomic E-state index is 11.9. The lowest BCUT2D eigenvalue weighted by Crippen LogP contribution is -2.27. The van der Waals surface area contributed by atoms with Crippen LogP contribution in [0.15, 0.2) is 18.2 Å². The third-order valence-electron chi connectivity index (χ3n) is 3.72. The number of nitrogens with zero attached hydrogens (tertiary/aromatic N) is 1. The van der Waals surface area contributed by atoms with Crippen molar-refractivity contribution < 1.29 is 24.0 Å². The highest BCUT2D eigenvalue weighted by molar-refractivity contribution is 6.53. The van der Waals surface area contributed by atoms with Gasteiger partial charge in [0.15, 0.2) is 6.61 Å². The number of ether oxygens (including phenoxy) is 2. The summed E-state index contributed by atoms with van der Waals surface area (Å²) in [6.07, 6.45) is 0.230. The molecule has 1 N–H and O–H groups in total. The lowest BCUT2D eigenvalue weighted by molar-refractivity contribution is -0.384. The molecule has 1 aliphatic carbocycles. The normalized spacial score (nSPS) is 20.8. The van der Waals surface area contributed by atoms with E-state index in [1.54, 1.807) is 0 Å². The Morgan fingerprint density at radius 2 is 2.04 bits per heavy atom. The largest absolute Gasteiger partial charge is 0.496 e. The number of esters is 1. The van der Waals surface area contributed by atoms with E-state index in [0.717, 1.165) is 0 Å². The maximum atomic E-state index is 11.9. The van der Waals surface area contributed by atoms with E-state index >= 15 is 0 Å². The van der Waals surface area contributed by atoms with E-state index in [1.807, 2.05) is 0 Å². The second kappa shape index (κ2) is 6.45. The fourth-order valence-electron chi connectivity index (χ4n) is 1.99. The fraction of sp³-hybridized carbons (Fsp3) is 0.429. The molecule has 1 aliphatic rings. The van der Waals surface area contributed by atoms with Gasteiger partial charge in [-0.25, -0.2) is 0 Å². The quantitative estimate of drug-likeness (QED) is 0.353. The number of nitro groups is 1. The van der Waals surface area contributed by atoms with Crippen LogP contribution < -0.4 is 10.1 Å². The van der Waals surface area contributed by atoms with Gasteiger partial charge in [0.05, 0.1) is 18.1 Å². The van der Waals surface area contributed by atoms with E-state index in [2.05, 4.69) is 5.32 Å². The number of methoxy groups -OCH3 is 1. The van der Waals surface area contributed by atoms with Crippen molar-refractivity contribution in [3.8, 4) is 5.75 Å². The number of amides is 1. The predicted octanol–water partition coefficient (Wildman–Crippen LogP) is 2.67. The first-order chi connectivity index (χ1) is 11.1. The van der Waals surface area contributed by atoms with Crippen LogP contribution in [-0.4, -0.2) is 34.8 Å². The highest BCUT2D eigenvalue weighted by Crippen LogP contribution is 2.64. The second-order valence-electron chi connectivity index (χ2n) is 5.48. The second-order valence-corrected chi connectivity index (χ2v) is 6.96. The van der Waals surface area contributed by atoms with Gasteiger partial charge in [0.25, 0.3) is 11.6 Å². The number of nitro benzene ring substituents is 1. The van der Waals surface area contributed by atoms with Gasteiger partial charge in [-0.1, -0.05) is 0 Å². The van der Waals surface area contributed by atoms with Crippen molar-refractivity contribution in [1.29, 1.82) is 0 Å². The molecule has 1 amide bonds. The molecule has 0 saturated heterocycles. The van der Waals surface area contributed by atoms with E-state index in [1.165, 1.54) is 32.2 Å². The van der Waals surface area contributed by atoms with Crippen LogP contribution in [-0.2, 0) is 14.3 Å². The van der Waals surface area contributed by atoms with Gasteiger partial charge >= 0.3 is 5.97 Å². The molecule has 130 valence electrons. The van der Waals surface area contributed by atoms with E-state index in [4.69, 9.17) is 32.7 Å². The minimum atomic E-state index is -1.20. The summed E-state index contributed by atoms with van der Waals surface area (Å²) in [7, 11) is 1.36. The maximum Gasteiger partial charge on any atom is 0.315 e. The monoisotopic (exact) mass is 376 g/mol. The number of halogens is 2. The average Bonchev–Trinajstić information content (AvgIpc) is 3.04. The van der Waals surface area contributed by atoms with Crippen LogP contribution in [0.25, 0.3) is 0 Å². The minimum absolute atomic E-state index is 0.0384. The Kier molecular flexibility index (Phi) is 4.91. The molecule has 1 saturated carbocycles. The smallest absolute Gasteiger partial charge is 0.315 e. The summed E-state index contributed by atoms with van der Waals surface area (Å²) < 4.78 is 8.57. The van der Waals surface area contributed by atoms with Crippen molar-refractivity contribution in [1.82, 2.24) is 0 Å². The number of anilines is 1. The Balaban J connectivity index is 1.98. The summed E-state index contributed by atoms with van der Waals surface area (Å²) in [6.45, 7) is 0.920. The average molecular weight is 377 g/mol. The number of carbonyl (C=O) groups excluding carboxylic acids is 2. The molecule has 0 radical (unpaired) electrons. The zero-order valence-electron chi connectivity index (χ0n) is 12.8. The van der Waals surface area contributed by atoms with Crippen LogP contribution in [0.5, 0.6) is 5.75 Å². The minimum Gasteiger partial charge on any atom is -0.496 e. The van der Waals surface area contributed by atoms with Gasteiger partial charge in [-0.05, 0) is 19.1 Å². The highest BCUT2D eigenvalue weighted by atomic mass is 35.5. The Hall–Kier alpha value is -2.06. The fourth-order valence-corrected chi connectivity index (χ4v) is 2.68. The van der Waals surface area contributed by atoms with E-state index in [0.29, 0.717) is 0 Å². The molecular weight excluding hydrogens is 363 g/mol. The highest BCUT2D eigenvalue weighted by Gasteiger charge is 2.69. The molecule has 2 rings (SSSR count). The Morgan fingerprint density at radius 3 is 2.54 bits per heavy atom. The van der Waals surface area contributed by atoms with Crippen LogP contribution in [0.3, 0.4) is 0 Å². The topological polar surface area (TPSA) is 108 Å². The summed E-state index contributed by atoms with van der Waals surface area (Å²) in [5.41, 5.74) is -1.44. The van der Waals surface area contributed by atoms with Gasteiger partial charge in [-0.3, -0.25) is 19.7 Å². The zero-order chi connectivity index (χ0) is 18.1. The van der Waals surface area contributed by atoms with Crippen molar-refractivity contribution >= 4 is 46.5 Å². The molecular formula is C14H14Cl2N2O6. The van der Waals surface area contributed by atoms with E-state index in [-0.39, 0.29) is 23.5 Å². The van der Waals surface area contributed by atoms with Crippen molar-refractivity contribution in [3.63, 3.8) is 0 Å². The molecule has 0 unspecified atom stereocenters. The third-order valence-corrected chi connectivity index (χ3v) is 4.82. The molecule has 1 fully saturated rings. The number of hydrogen-bond acceptors (Lipinski definition) is 6. The summed E-state index contributed by atoms with van der Waals surface area (Å²) in [5.74, 6) is -1.16. The van der Waals surface area contributed by atoms with E-state index < -0.39 is 33.2 Å². The molecule has 1 aromatic rings. The van der Waals surface area contributed by atoms with Crippen LogP contribution >= 0.6 is 23.2 Å². The standard InChI is InChI=1S/C14H14Cl2N2O6/c1-13(7-14(13,15)16)12(20)24-6-11(19)17-9-4-3-8(23-2)5-10(9)18(21)22/h3-5H,6-7H2,1-2H3,(H,17,19)/t13-/m0/s1. The van der Waals surface area contributed by atoms with Crippen molar-refractivity contribution in [2.45, 2.75) is 17.7 Å². The lowest BCUT2D eigenvalue weighted by Gasteiger charge is -2.12. The number of benzene rings is 1. The number of alkyl halides is 2. The SMILES string of the molecule is COc1ccc(NC(=O)COC(=O)[C@]2(C)CC2(Cl)Cl)c([N+](=O)[O-])c1. The molecule has 0 heterocycles. The van der Waals surface area contributed by atoms with Crippen LogP contribution in [0.4, 0.5) is 11.4 Å². The Morgan fingerprint density at radius 1 is 1.42 bits per heavy atom. The van der Waals surface area contributed by atoms with Gasteiger partial charge in [0.1, 0.15) is 21.2 Å². The summed E-state index contributed by atoms with van der Waals surface area (Å²) in [4.78, 5) is 34.1. The van der Waals surface area contributed by atoms with Crippen molar-refractivity contribution in [2.24, 2.45) is 5.41 Å². The molecule has 0 bridgehead atoms. The zero-order valence-corrected chi connectivity index (χ0v) is 14.3. The van der Waals surface area contributed by atoms with Crippen molar-refractivity contribution in [2.75, 3.05) is 19.0 Å². The van der Waals surface area contributed by atoms with Gasteiger partial charge in [0.2, 0.25) is 0 Å². The molecule has 0 spiro atoms. The summed E-state index contributed by atoms with van der Waals surface area (Å²) in [6, 6.07) is 3.94. The van der Waals surface area contributed by atoms with Crippen LogP contribution in [0.1, 0.15) is 13.3 Å². The van der Waals surface area contributed by atoms with Crippen LogP contribution in [0.2, 0.25) is 0 Å². The van der Waals surface area contributed by atoms with Gasteiger partial charge in [0, 0.05) is 6.42 Å². The number of rotatable bonds is 6. The number of nitrogens with one attached hydrogen (secondary N) is 1. The van der Waals surface area contributed by atoms with Crippen molar-refractivity contribution in [3.05, 3.63) is 28.3 Å². The molecule has 1 aromatic carbocycles. The van der Waals surface area contributed by atoms with Gasteiger partial charge < -0.3 is 14.8 Å². The Labute approximate surface area is 147 Å². The molecule has 0 aromatic heterocycles. The molecule has 24 heavy (non-hydrogen) atoms. The summed E-state index contributed by atoms with van der Waals surface area (Å²) in [5, 5.41) is 13.3. The molecule has 8 nitrogen and oxygen atoms in total. The number of carbonyl (C=O) groups is 2. The van der Waals surface area contributed by atoms with Gasteiger partial charge in [-0.15, -0.1) is 23.2 Å². The summed E-state index contributed by atoms with van der Waals surface area (Å²) >= 11 is 11.7. The first kappa shape index (κ1) is 18.3.